The van der Waals surface area contributed by atoms with Crippen LogP contribution in [0.2, 0.25) is 0 Å². The Labute approximate surface area is 151 Å². The highest BCUT2D eigenvalue weighted by Crippen LogP contribution is 2.23. The van der Waals surface area contributed by atoms with E-state index in [4.69, 9.17) is 4.74 Å². The molecule has 0 radical (unpaired) electrons. The van der Waals surface area contributed by atoms with Crippen molar-refractivity contribution in [3.05, 3.63) is 64.7 Å². The van der Waals surface area contributed by atoms with Gasteiger partial charge in [0, 0.05) is 12.8 Å². The van der Waals surface area contributed by atoms with E-state index < -0.39 is 0 Å². The second kappa shape index (κ2) is 6.75. The zero-order valence-corrected chi connectivity index (χ0v) is 14.6. The Morgan fingerprint density at radius 1 is 1.00 bits per heavy atom. The number of ketones is 1. The van der Waals surface area contributed by atoms with Crippen LogP contribution in [0.5, 0.6) is 5.75 Å². The fourth-order valence-corrected chi connectivity index (χ4v) is 3.45. The van der Waals surface area contributed by atoms with Gasteiger partial charge >= 0.3 is 0 Å². The first kappa shape index (κ1) is 16.5. The fourth-order valence-electron chi connectivity index (χ4n) is 3.45. The summed E-state index contributed by atoms with van der Waals surface area (Å²) in [6, 6.07) is 14.8. The van der Waals surface area contributed by atoms with Crippen LogP contribution in [-0.2, 0) is 4.79 Å². The van der Waals surface area contributed by atoms with Crippen LogP contribution in [-0.4, -0.2) is 21.4 Å². The molecule has 5 nitrogen and oxygen atoms in total. The zero-order valence-electron chi connectivity index (χ0n) is 14.6. The van der Waals surface area contributed by atoms with Crippen molar-refractivity contribution in [2.24, 2.45) is 0 Å². The topological polar surface area (TPSA) is 61.2 Å². The number of fused-ring (bicyclic) bond motifs is 1. The van der Waals surface area contributed by atoms with E-state index in [1.165, 1.54) is 0 Å². The Morgan fingerprint density at radius 3 is 2.42 bits per heavy atom. The number of ether oxygens (including phenoxy) is 1. The summed E-state index contributed by atoms with van der Waals surface area (Å²) in [5.41, 5.74) is 1.39. The Hall–Kier alpha value is -2.95. The number of aryl methyl sites for hydroxylation is 1. The molecule has 0 spiro atoms. The van der Waals surface area contributed by atoms with Gasteiger partial charge in [-0.2, -0.15) is 0 Å². The molecular weight excluding hydrogens is 328 g/mol. The molecule has 0 atom stereocenters. The predicted octanol–water partition coefficient (Wildman–Crippen LogP) is 3.58. The van der Waals surface area contributed by atoms with Crippen LogP contribution in [0.25, 0.3) is 16.6 Å². The number of hydrogen-bond donors (Lipinski definition) is 0. The van der Waals surface area contributed by atoms with Crippen LogP contribution < -0.4 is 10.3 Å². The van der Waals surface area contributed by atoms with Crippen molar-refractivity contribution in [3.8, 4) is 11.4 Å². The number of rotatable bonds is 3. The summed E-state index contributed by atoms with van der Waals surface area (Å²) in [6.45, 7) is 1.83. The summed E-state index contributed by atoms with van der Waals surface area (Å²) in [6.07, 6.45) is 2.83. The Balaban J connectivity index is 1.62. The van der Waals surface area contributed by atoms with Gasteiger partial charge in [-0.15, -0.1) is 0 Å². The van der Waals surface area contributed by atoms with Gasteiger partial charge in [-0.1, -0.05) is 12.1 Å². The van der Waals surface area contributed by atoms with Gasteiger partial charge in [0.25, 0.3) is 5.56 Å². The maximum absolute atomic E-state index is 12.8. The first-order valence-corrected chi connectivity index (χ1v) is 8.89. The highest BCUT2D eigenvalue weighted by molar-refractivity contribution is 5.79. The molecule has 0 saturated heterocycles. The van der Waals surface area contributed by atoms with Crippen LogP contribution in [0.4, 0.5) is 0 Å². The zero-order chi connectivity index (χ0) is 18.1. The van der Waals surface area contributed by atoms with Crippen molar-refractivity contribution in [2.45, 2.75) is 38.7 Å². The van der Waals surface area contributed by atoms with Crippen molar-refractivity contribution in [3.63, 3.8) is 0 Å². The summed E-state index contributed by atoms with van der Waals surface area (Å²) >= 11 is 0. The predicted molar refractivity (Wildman–Crippen MR) is 100.0 cm³/mol. The Bertz CT molecular complexity index is 1010. The highest BCUT2D eigenvalue weighted by atomic mass is 16.5. The lowest BCUT2D eigenvalue weighted by Gasteiger charge is -2.22. The molecular formula is C21H20N2O3. The van der Waals surface area contributed by atoms with Crippen molar-refractivity contribution in [2.75, 3.05) is 0 Å². The molecule has 132 valence electrons. The first-order valence-electron chi connectivity index (χ1n) is 8.89. The molecule has 26 heavy (non-hydrogen) atoms. The third kappa shape index (κ3) is 3.12. The molecule has 5 heteroatoms. The van der Waals surface area contributed by atoms with Gasteiger partial charge in [-0.25, -0.2) is 4.98 Å². The molecule has 0 N–H and O–H groups in total. The van der Waals surface area contributed by atoms with Gasteiger partial charge < -0.3 is 4.74 Å². The lowest BCUT2D eigenvalue weighted by atomic mass is 9.96. The molecule has 1 aromatic heterocycles. The van der Waals surface area contributed by atoms with Crippen LogP contribution in [0.15, 0.2) is 53.3 Å². The molecule has 4 rings (SSSR count). The number of carbonyl (C=O) groups is 1. The number of carbonyl (C=O) groups excluding carboxylic acids is 1. The van der Waals surface area contributed by atoms with E-state index in [0.29, 0.717) is 35.4 Å². The standard InChI is InChI=1S/C21H20N2O3/c1-14-22-20-5-3-2-4-19(20)21(25)23(14)15-6-10-17(11-7-15)26-18-12-8-16(24)9-13-18/h2-7,10-11,18H,8-9,12-13H2,1H3. The van der Waals surface area contributed by atoms with E-state index in [1.54, 1.807) is 10.6 Å². The van der Waals surface area contributed by atoms with E-state index in [-0.39, 0.29) is 11.7 Å². The van der Waals surface area contributed by atoms with Gasteiger partial charge in [0.15, 0.2) is 0 Å². The highest BCUT2D eigenvalue weighted by Gasteiger charge is 2.20. The minimum Gasteiger partial charge on any atom is -0.490 e. The summed E-state index contributed by atoms with van der Waals surface area (Å²) in [7, 11) is 0. The van der Waals surface area contributed by atoms with E-state index in [9.17, 15) is 9.59 Å². The summed E-state index contributed by atoms with van der Waals surface area (Å²) in [5, 5.41) is 0.602. The summed E-state index contributed by atoms with van der Waals surface area (Å²) in [4.78, 5) is 28.7. The number of para-hydroxylation sites is 1. The van der Waals surface area contributed by atoms with Crippen LogP contribution in [0, 0.1) is 6.92 Å². The second-order valence-corrected chi connectivity index (χ2v) is 6.67. The van der Waals surface area contributed by atoms with E-state index >= 15 is 0 Å². The molecule has 1 saturated carbocycles. The maximum atomic E-state index is 12.8. The normalized spacial score (nSPS) is 15.3. The van der Waals surface area contributed by atoms with Crippen molar-refractivity contribution >= 4 is 16.7 Å². The van der Waals surface area contributed by atoms with Crippen molar-refractivity contribution in [1.29, 1.82) is 0 Å². The molecule has 0 amide bonds. The average Bonchev–Trinajstić information content (AvgIpc) is 2.65. The van der Waals surface area contributed by atoms with E-state index in [0.717, 1.165) is 24.3 Å². The molecule has 1 fully saturated rings. The van der Waals surface area contributed by atoms with Crippen LogP contribution in [0.1, 0.15) is 31.5 Å². The van der Waals surface area contributed by atoms with E-state index in [2.05, 4.69) is 4.98 Å². The number of nitrogens with zero attached hydrogens (tertiary/aromatic N) is 2. The summed E-state index contributed by atoms with van der Waals surface area (Å²) < 4.78 is 7.59. The monoisotopic (exact) mass is 348 g/mol. The molecule has 0 aliphatic heterocycles. The smallest absolute Gasteiger partial charge is 0.265 e. The lowest BCUT2D eigenvalue weighted by Crippen LogP contribution is -2.24. The van der Waals surface area contributed by atoms with Gasteiger partial charge in [0.1, 0.15) is 17.4 Å². The lowest BCUT2D eigenvalue weighted by molar-refractivity contribution is -0.121. The third-order valence-corrected chi connectivity index (χ3v) is 4.83. The Kier molecular flexibility index (Phi) is 4.29. The van der Waals surface area contributed by atoms with Gasteiger partial charge in [-0.05, 0) is 56.2 Å². The number of hydrogen-bond acceptors (Lipinski definition) is 4. The number of benzene rings is 2. The maximum Gasteiger partial charge on any atom is 0.265 e. The average molecular weight is 348 g/mol. The Morgan fingerprint density at radius 2 is 1.69 bits per heavy atom. The largest absolute Gasteiger partial charge is 0.490 e. The second-order valence-electron chi connectivity index (χ2n) is 6.67. The molecule has 1 aliphatic rings. The van der Waals surface area contributed by atoms with Gasteiger partial charge in [0.05, 0.1) is 22.7 Å². The van der Waals surface area contributed by atoms with Gasteiger partial charge in [-0.3, -0.25) is 14.2 Å². The number of aromatic nitrogens is 2. The molecule has 3 aromatic rings. The fraction of sp³-hybridized carbons (Fsp3) is 0.286. The molecule has 1 heterocycles. The number of Topliss-reactive ketones (excluding diaryl/α,β-unsaturated/α-hetero) is 1. The molecule has 2 aromatic carbocycles. The van der Waals surface area contributed by atoms with Crippen molar-refractivity contribution in [1.82, 2.24) is 9.55 Å². The van der Waals surface area contributed by atoms with Gasteiger partial charge in [0.2, 0.25) is 0 Å². The van der Waals surface area contributed by atoms with Crippen LogP contribution >= 0.6 is 0 Å². The molecule has 0 unspecified atom stereocenters. The quantitative estimate of drug-likeness (QED) is 0.726. The van der Waals surface area contributed by atoms with Crippen LogP contribution in [0.3, 0.4) is 0 Å². The molecule has 1 aliphatic carbocycles. The minimum absolute atomic E-state index is 0.0763. The van der Waals surface area contributed by atoms with E-state index in [1.807, 2.05) is 49.4 Å². The first-order chi connectivity index (χ1) is 12.6. The third-order valence-electron chi connectivity index (χ3n) is 4.83. The SMILES string of the molecule is Cc1nc2ccccc2c(=O)n1-c1ccc(OC2CCC(=O)CC2)cc1. The van der Waals surface area contributed by atoms with Crippen molar-refractivity contribution < 1.29 is 9.53 Å². The summed E-state index contributed by atoms with van der Waals surface area (Å²) in [5.74, 6) is 1.72. The minimum atomic E-state index is -0.0763. The molecule has 0 bridgehead atoms.